The van der Waals surface area contributed by atoms with Crippen LogP contribution in [-0.2, 0) is 11.3 Å². The number of hydrogen-bond acceptors (Lipinski definition) is 7. The Bertz CT molecular complexity index is 1020. The molecule has 0 bridgehead atoms. The molecule has 0 aliphatic carbocycles. The molecule has 0 radical (unpaired) electrons. The number of carbonyl (C=O) groups is 2. The second-order valence-electron chi connectivity index (χ2n) is 6.56. The molecule has 3 aromatic rings. The van der Waals surface area contributed by atoms with Crippen molar-refractivity contribution in [3.63, 3.8) is 0 Å². The van der Waals surface area contributed by atoms with E-state index in [2.05, 4.69) is 10.3 Å². The second-order valence-corrected chi connectivity index (χ2v) is 9.36. The molecule has 156 valence electrons. The molecule has 1 N–H and O–H groups in total. The van der Waals surface area contributed by atoms with Crippen LogP contribution in [0.1, 0.15) is 23.0 Å². The molecular formula is C21H21N3O3S3. The summed E-state index contributed by atoms with van der Waals surface area (Å²) in [4.78, 5) is 33.3. The topological polar surface area (TPSA) is 71.5 Å². The Morgan fingerprint density at radius 1 is 1.23 bits per heavy atom. The number of carbonyl (C=O) groups excluding carboxylic acids is 2. The molecule has 1 aliphatic heterocycles. The van der Waals surface area contributed by atoms with E-state index < -0.39 is 6.04 Å². The third-order valence-corrected chi connectivity index (χ3v) is 7.53. The van der Waals surface area contributed by atoms with Gasteiger partial charge in [0.1, 0.15) is 16.8 Å². The summed E-state index contributed by atoms with van der Waals surface area (Å²) in [5.74, 6) is 1.26. The molecule has 3 heterocycles. The quantitative estimate of drug-likeness (QED) is 0.576. The molecule has 1 aromatic carbocycles. The monoisotopic (exact) mass is 459 g/mol. The van der Waals surface area contributed by atoms with Gasteiger partial charge in [0, 0.05) is 11.1 Å². The van der Waals surface area contributed by atoms with Gasteiger partial charge in [0.25, 0.3) is 5.91 Å². The molecule has 0 unspecified atom stereocenters. The van der Waals surface area contributed by atoms with E-state index in [1.165, 1.54) is 0 Å². The van der Waals surface area contributed by atoms with Crippen molar-refractivity contribution in [3.05, 3.63) is 58.4 Å². The standard InChI is InChI=1S/C21H21N3O3S3/c1-2-27-17-7-4-3-6-15(17)21(26)24-13-28-12-16(24)19(25)22-10-14-11-30-20(23-14)18-8-5-9-29-18/h3-9,11,16H,2,10,12-13H2,1H3,(H,22,25)/t16-/m1/s1. The summed E-state index contributed by atoms with van der Waals surface area (Å²) >= 11 is 4.79. The van der Waals surface area contributed by atoms with Crippen LogP contribution in [0, 0.1) is 0 Å². The number of thiazole rings is 1. The molecule has 1 saturated heterocycles. The van der Waals surface area contributed by atoms with Gasteiger partial charge in [0.05, 0.1) is 35.2 Å². The van der Waals surface area contributed by atoms with Crippen molar-refractivity contribution in [2.75, 3.05) is 18.2 Å². The van der Waals surface area contributed by atoms with E-state index in [1.807, 2.05) is 41.9 Å². The molecular weight excluding hydrogens is 438 g/mol. The lowest BCUT2D eigenvalue weighted by atomic mass is 10.1. The predicted octanol–water partition coefficient (Wildman–Crippen LogP) is 4.10. The molecule has 0 saturated carbocycles. The number of benzene rings is 1. The van der Waals surface area contributed by atoms with Gasteiger partial charge in [0.2, 0.25) is 5.91 Å². The number of rotatable bonds is 7. The Hall–Kier alpha value is -2.36. The van der Waals surface area contributed by atoms with Crippen LogP contribution < -0.4 is 10.1 Å². The van der Waals surface area contributed by atoms with Gasteiger partial charge >= 0.3 is 0 Å². The van der Waals surface area contributed by atoms with Crippen molar-refractivity contribution >= 4 is 46.2 Å². The number of nitrogens with one attached hydrogen (secondary N) is 1. The fourth-order valence-corrected chi connectivity index (χ4v) is 5.92. The largest absolute Gasteiger partial charge is 0.493 e. The zero-order valence-electron chi connectivity index (χ0n) is 16.4. The number of thioether (sulfide) groups is 1. The molecule has 30 heavy (non-hydrogen) atoms. The first-order valence-electron chi connectivity index (χ1n) is 9.54. The number of thiophene rings is 1. The Morgan fingerprint density at radius 2 is 2.10 bits per heavy atom. The number of ether oxygens (including phenoxy) is 1. The third-order valence-electron chi connectivity index (χ3n) is 4.59. The Balaban J connectivity index is 1.41. The van der Waals surface area contributed by atoms with E-state index in [-0.39, 0.29) is 11.8 Å². The van der Waals surface area contributed by atoms with Gasteiger partial charge in [-0.25, -0.2) is 4.98 Å². The summed E-state index contributed by atoms with van der Waals surface area (Å²) in [6.07, 6.45) is 0. The predicted molar refractivity (Wildman–Crippen MR) is 122 cm³/mol. The summed E-state index contributed by atoms with van der Waals surface area (Å²) < 4.78 is 5.59. The Kier molecular flexibility index (Phi) is 6.71. The van der Waals surface area contributed by atoms with Crippen LogP contribution in [0.25, 0.3) is 9.88 Å². The molecule has 2 amide bonds. The smallest absolute Gasteiger partial charge is 0.259 e. The zero-order chi connectivity index (χ0) is 20.9. The third kappa shape index (κ3) is 4.53. The maximum Gasteiger partial charge on any atom is 0.259 e. The van der Waals surface area contributed by atoms with Crippen molar-refractivity contribution < 1.29 is 14.3 Å². The maximum absolute atomic E-state index is 13.1. The van der Waals surface area contributed by atoms with Gasteiger partial charge in [-0.05, 0) is 30.5 Å². The van der Waals surface area contributed by atoms with Crippen molar-refractivity contribution in [2.24, 2.45) is 0 Å². The number of amides is 2. The first kappa shape index (κ1) is 20.9. The minimum atomic E-state index is -0.507. The fraction of sp³-hybridized carbons (Fsp3) is 0.286. The minimum Gasteiger partial charge on any atom is -0.493 e. The van der Waals surface area contributed by atoms with Crippen molar-refractivity contribution in [2.45, 2.75) is 19.5 Å². The van der Waals surface area contributed by atoms with Gasteiger partial charge in [-0.15, -0.1) is 34.4 Å². The lowest BCUT2D eigenvalue weighted by Crippen LogP contribution is -2.47. The van der Waals surface area contributed by atoms with Gasteiger partial charge in [0.15, 0.2) is 0 Å². The van der Waals surface area contributed by atoms with Crippen LogP contribution >= 0.6 is 34.4 Å². The van der Waals surface area contributed by atoms with Crippen LogP contribution in [0.4, 0.5) is 0 Å². The average molecular weight is 460 g/mol. The van der Waals surface area contributed by atoms with Crippen LogP contribution in [-0.4, -0.2) is 46.0 Å². The number of hydrogen-bond donors (Lipinski definition) is 1. The van der Waals surface area contributed by atoms with Gasteiger partial charge in [-0.3, -0.25) is 9.59 Å². The number of nitrogens with zero attached hydrogens (tertiary/aromatic N) is 2. The molecule has 2 aromatic heterocycles. The maximum atomic E-state index is 13.1. The van der Waals surface area contributed by atoms with Crippen LogP contribution in [0.2, 0.25) is 0 Å². The molecule has 6 nitrogen and oxygen atoms in total. The van der Waals surface area contributed by atoms with E-state index in [1.54, 1.807) is 51.5 Å². The first-order valence-corrected chi connectivity index (χ1v) is 12.4. The molecule has 1 fully saturated rings. The SMILES string of the molecule is CCOc1ccccc1C(=O)N1CSC[C@@H]1C(=O)NCc1csc(-c2cccs2)n1. The summed E-state index contributed by atoms with van der Waals surface area (Å²) in [6, 6.07) is 10.7. The molecule has 4 rings (SSSR count). The van der Waals surface area contributed by atoms with Gasteiger partial charge < -0.3 is 15.0 Å². The highest BCUT2D eigenvalue weighted by Crippen LogP contribution is 2.29. The summed E-state index contributed by atoms with van der Waals surface area (Å²) in [5, 5.41) is 7.88. The summed E-state index contributed by atoms with van der Waals surface area (Å²) in [7, 11) is 0. The lowest BCUT2D eigenvalue weighted by molar-refractivity contribution is -0.124. The Morgan fingerprint density at radius 3 is 2.90 bits per heavy atom. The van der Waals surface area contributed by atoms with Crippen molar-refractivity contribution in [1.29, 1.82) is 0 Å². The van der Waals surface area contributed by atoms with Crippen molar-refractivity contribution in [3.8, 4) is 15.6 Å². The fourth-order valence-electron chi connectivity index (χ4n) is 3.14. The van der Waals surface area contributed by atoms with E-state index in [4.69, 9.17) is 4.74 Å². The van der Waals surface area contributed by atoms with Gasteiger partial charge in [-0.1, -0.05) is 18.2 Å². The number of para-hydroxylation sites is 1. The zero-order valence-corrected chi connectivity index (χ0v) is 18.8. The highest BCUT2D eigenvalue weighted by molar-refractivity contribution is 7.99. The highest BCUT2D eigenvalue weighted by Gasteiger charge is 2.36. The van der Waals surface area contributed by atoms with Crippen LogP contribution in [0.3, 0.4) is 0 Å². The minimum absolute atomic E-state index is 0.159. The second kappa shape index (κ2) is 9.63. The lowest BCUT2D eigenvalue weighted by Gasteiger charge is -2.24. The summed E-state index contributed by atoms with van der Waals surface area (Å²) in [5.41, 5.74) is 1.31. The van der Waals surface area contributed by atoms with Crippen molar-refractivity contribution in [1.82, 2.24) is 15.2 Å². The van der Waals surface area contributed by atoms with E-state index >= 15 is 0 Å². The first-order chi connectivity index (χ1) is 14.7. The normalized spacial score (nSPS) is 15.9. The average Bonchev–Trinajstić information content (AvgIpc) is 3.53. The molecule has 9 heteroatoms. The van der Waals surface area contributed by atoms with Crippen LogP contribution in [0.5, 0.6) is 5.75 Å². The number of aromatic nitrogens is 1. The summed E-state index contributed by atoms with van der Waals surface area (Å²) in [6.45, 7) is 2.70. The molecule has 1 aliphatic rings. The Labute approximate surface area is 187 Å². The van der Waals surface area contributed by atoms with E-state index in [0.717, 1.165) is 15.6 Å². The van der Waals surface area contributed by atoms with E-state index in [0.29, 0.717) is 36.1 Å². The van der Waals surface area contributed by atoms with Crippen LogP contribution in [0.15, 0.2) is 47.2 Å². The van der Waals surface area contributed by atoms with Gasteiger partial charge in [-0.2, -0.15) is 0 Å². The van der Waals surface area contributed by atoms with E-state index in [9.17, 15) is 9.59 Å². The molecule has 0 spiro atoms. The molecule has 1 atom stereocenters. The highest BCUT2D eigenvalue weighted by atomic mass is 32.2.